The van der Waals surface area contributed by atoms with Crippen molar-refractivity contribution in [1.82, 2.24) is 25.8 Å². The highest BCUT2D eigenvalue weighted by molar-refractivity contribution is 5.99. The third-order valence-corrected chi connectivity index (χ3v) is 10.4. The average molecular weight is 757 g/mol. The Bertz CT molecular complexity index is 1800. The summed E-state index contributed by atoms with van der Waals surface area (Å²) < 4.78 is 11.4. The van der Waals surface area contributed by atoms with E-state index in [1.807, 2.05) is 69.3 Å². The molecule has 0 radical (unpaired) electrons. The molecule has 2 heterocycles. The molecule has 2 aliphatic rings. The lowest BCUT2D eigenvalue weighted by Gasteiger charge is -2.47. The van der Waals surface area contributed by atoms with Crippen molar-refractivity contribution < 1.29 is 33.4 Å². The van der Waals surface area contributed by atoms with Crippen molar-refractivity contribution in [3.63, 3.8) is 0 Å². The summed E-state index contributed by atoms with van der Waals surface area (Å²) in [5, 5.41) is 9.70. The molecule has 3 aromatic rings. The van der Waals surface area contributed by atoms with Crippen LogP contribution >= 0.6 is 0 Å². The summed E-state index contributed by atoms with van der Waals surface area (Å²) in [7, 11) is 1.50. The SMILES string of the molecule is COCCC(=O)O[C@H](CN1C[C@H]2CCCC[C@H]2C[C@H]1C(=O)NC(C)(C)C)[C@H](Cc1ccccc1)NC(=O)[C@H](CC(N)=O)NC(=O)c1ccc2ccccc2n1. The quantitative estimate of drug-likeness (QED) is 0.159. The highest BCUT2D eigenvalue weighted by atomic mass is 16.5. The third kappa shape index (κ3) is 12.1. The fourth-order valence-electron chi connectivity index (χ4n) is 7.78. The van der Waals surface area contributed by atoms with E-state index in [1.54, 1.807) is 18.2 Å². The van der Waals surface area contributed by atoms with Crippen LogP contribution in [0.4, 0.5) is 0 Å². The number of ether oxygens (including phenoxy) is 2. The predicted octanol–water partition coefficient (Wildman–Crippen LogP) is 3.68. The number of aromatic nitrogens is 1. The number of primary amides is 1. The number of nitrogens with two attached hydrogens (primary N) is 1. The van der Waals surface area contributed by atoms with Gasteiger partial charge in [-0.15, -0.1) is 0 Å². The Balaban J connectivity index is 1.46. The Morgan fingerprint density at radius 1 is 0.927 bits per heavy atom. The molecule has 4 amide bonds. The molecule has 2 fully saturated rings. The number of pyridine rings is 1. The summed E-state index contributed by atoms with van der Waals surface area (Å²) in [6.45, 7) is 6.79. The molecular formula is C42H56N6O7. The number of carbonyl (C=O) groups is 5. The van der Waals surface area contributed by atoms with Crippen molar-refractivity contribution in [2.45, 2.75) is 102 Å². The summed E-state index contributed by atoms with van der Waals surface area (Å²) in [4.78, 5) is 73.9. The van der Waals surface area contributed by atoms with Crippen molar-refractivity contribution in [2.24, 2.45) is 17.6 Å². The normalized spacial score (nSPS) is 20.3. The molecule has 13 nitrogen and oxygen atoms in total. The molecule has 5 rings (SSSR count). The molecule has 0 bridgehead atoms. The zero-order chi connectivity index (χ0) is 39.5. The summed E-state index contributed by atoms with van der Waals surface area (Å²) in [6, 6.07) is 17.4. The first-order chi connectivity index (χ1) is 26.3. The van der Waals surface area contributed by atoms with E-state index in [2.05, 4.69) is 25.8 Å². The van der Waals surface area contributed by atoms with Crippen LogP contribution in [0.5, 0.6) is 0 Å². The average Bonchev–Trinajstić information content (AvgIpc) is 3.15. The van der Waals surface area contributed by atoms with Gasteiger partial charge >= 0.3 is 5.97 Å². The number of methoxy groups -OCH3 is 1. The molecular weight excluding hydrogens is 700 g/mol. The van der Waals surface area contributed by atoms with Gasteiger partial charge in [0.1, 0.15) is 17.8 Å². The molecule has 1 aliphatic heterocycles. The highest BCUT2D eigenvalue weighted by Gasteiger charge is 2.43. The molecule has 0 unspecified atom stereocenters. The van der Waals surface area contributed by atoms with E-state index in [4.69, 9.17) is 15.2 Å². The van der Waals surface area contributed by atoms with Gasteiger partial charge in [-0.1, -0.05) is 73.9 Å². The first kappa shape index (κ1) is 41.3. The van der Waals surface area contributed by atoms with Crippen molar-refractivity contribution >= 4 is 40.5 Å². The second kappa shape index (κ2) is 19.1. The van der Waals surface area contributed by atoms with Crippen LogP contribution in [-0.2, 0) is 35.1 Å². The van der Waals surface area contributed by atoms with Gasteiger partial charge in [0.15, 0.2) is 0 Å². The van der Waals surface area contributed by atoms with Crippen LogP contribution in [0.3, 0.4) is 0 Å². The van der Waals surface area contributed by atoms with E-state index in [0.29, 0.717) is 30.3 Å². The molecule has 1 saturated carbocycles. The maximum absolute atomic E-state index is 14.2. The Morgan fingerprint density at radius 2 is 1.64 bits per heavy atom. The van der Waals surface area contributed by atoms with E-state index in [-0.39, 0.29) is 37.6 Å². The van der Waals surface area contributed by atoms with Crippen LogP contribution in [0.15, 0.2) is 66.7 Å². The Labute approximate surface area is 323 Å². The van der Waals surface area contributed by atoms with Crippen LogP contribution in [0.2, 0.25) is 0 Å². The van der Waals surface area contributed by atoms with Crippen molar-refractivity contribution in [3.05, 3.63) is 78.0 Å². The van der Waals surface area contributed by atoms with Crippen molar-refractivity contribution in [2.75, 3.05) is 26.8 Å². The standard InChI is InChI=1S/C42H56N6O7/c1-42(2,3)47-41(53)35-23-29-15-8-9-16-30(29)25-48(35)26-36(55-38(50)20-21-54-4)33(22-27-12-6-5-7-13-27)45-40(52)34(24-37(43)49)46-39(51)32-19-18-28-14-10-11-17-31(28)44-32/h5-7,10-14,17-19,29-30,33-36H,8-9,15-16,20-26H2,1-4H3,(H2,43,49)(H,45,52)(H,46,51)(H,47,53)/t29-,30+,33-,34-,35-,36+/m0/s1. The number of benzene rings is 2. The van der Waals surface area contributed by atoms with E-state index >= 15 is 0 Å². The molecule has 2 aromatic carbocycles. The molecule has 13 heteroatoms. The Morgan fingerprint density at radius 3 is 2.35 bits per heavy atom. The zero-order valence-electron chi connectivity index (χ0n) is 32.4. The van der Waals surface area contributed by atoms with Crippen LogP contribution in [0.25, 0.3) is 10.9 Å². The van der Waals surface area contributed by atoms with Crippen molar-refractivity contribution in [3.8, 4) is 0 Å². The first-order valence-corrected chi connectivity index (χ1v) is 19.3. The van der Waals surface area contributed by atoms with E-state index in [0.717, 1.165) is 36.6 Å². The lowest BCUT2D eigenvalue weighted by molar-refractivity contribution is -0.155. The van der Waals surface area contributed by atoms with Crippen LogP contribution in [0, 0.1) is 11.8 Å². The van der Waals surface area contributed by atoms with Gasteiger partial charge in [0.25, 0.3) is 5.91 Å². The molecule has 6 atom stereocenters. The number of rotatable bonds is 16. The molecule has 296 valence electrons. The fraction of sp³-hybridized carbons (Fsp3) is 0.524. The molecule has 55 heavy (non-hydrogen) atoms. The van der Waals surface area contributed by atoms with Gasteiger partial charge in [-0.25, -0.2) is 4.98 Å². The van der Waals surface area contributed by atoms with Crippen molar-refractivity contribution in [1.29, 1.82) is 0 Å². The number of nitrogens with one attached hydrogen (secondary N) is 3. The minimum atomic E-state index is -1.36. The Hall–Kier alpha value is -4.88. The van der Waals surface area contributed by atoms with E-state index in [9.17, 15) is 24.0 Å². The van der Waals surface area contributed by atoms with Gasteiger partial charge in [-0.3, -0.25) is 28.9 Å². The first-order valence-electron chi connectivity index (χ1n) is 19.3. The van der Waals surface area contributed by atoms with Crippen LogP contribution < -0.4 is 21.7 Å². The largest absolute Gasteiger partial charge is 0.459 e. The number of likely N-dealkylation sites (tertiary alicyclic amines) is 1. The summed E-state index contributed by atoms with van der Waals surface area (Å²) >= 11 is 0. The van der Waals surface area contributed by atoms with E-state index < -0.39 is 59.9 Å². The zero-order valence-corrected chi connectivity index (χ0v) is 32.4. The minimum absolute atomic E-state index is 0.0171. The molecule has 5 N–H and O–H groups in total. The number of para-hydroxylation sites is 1. The number of hydrogen-bond donors (Lipinski definition) is 4. The number of carbonyl (C=O) groups excluding carboxylic acids is 5. The minimum Gasteiger partial charge on any atom is -0.459 e. The van der Waals surface area contributed by atoms with E-state index in [1.165, 1.54) is 7.11 Å². The lowest BCUT2D eigenvalue weighted by Crippen LogP contribution is -2.61. The number of fused-ring (bicyclic) bond motifs is 2. The number of esters is 1. The van der Waals surface area contributed by atoms with Gasteiger partial charge in [0, 0.05) is 31.1 Å². The number of hydrogen-bond acceptors (Lipinski definition) is 9. The smallest absolute Gasteiger partial charge is 0.308 e. The maximum Gasteiger partial charge on any atom is 0.308 e. The lowest BCUT2D eigenvalue weighted by atomic mass is 9.72. The highest BCUT2D eigenvalue weighted by Crippen LogP contribution is 2.39. The topological polar surface area (TPSA) is 182 Å². The molecule has 1 aliphatic carbocycles. The van der Waals surface area contributed by atoms with Crippen LogP contribution in [0.1, 0.15) is 81.8 Å². The van der Waals surface area contributed by atoms with Gasteiger partial charge in [-0.2, -0.15) is 0 Å². The third-order valence-electron chi connectivity index (χ3n) is 10.4. The van der Waals surface area contributed by atoms with Gasteiger partial charge < -0.3 is 31.2 Å². The second-order valence-electron chi connectivity index (χ2n) is 15.9. The predicted molar refractivity (Wildman–Crippen MR) is 209 cm³/mol. The number of amides is 4. The fourth-order valence-corrected chi connectivity index (χ4v) is 7.78. The number of piperidine rings is 1. The van der Waals surface area contributed by atoms with Gasteiger partial charge in [0.2, 0.25) is 17.7 Å². The van der Waals surface area contributed by atoms with Gasteiger partial charge in [0.05, 0.1) is 37.0 Å². The summed E-state index contributed by atoms with van der Waals surface area (Å²) in [5.41, 5.74) is 6.66. The Kier molecular flexibility index (Phi) is 14.4. The molecule has 0 spiro atoms. The summed E-state index contributed by atoms with van der Waals surface area (Å²) in [6.07, 6.45) is 3.89. The monoisotopic (exact) mass is 756 g/mol. The summed E-state index contributed by atoms with van der Waals surface area (Å²) in [5.74, 6) is -1.94. The number of nitrogens with zero attached hydrogens (tertiary/aromatic N) is 2. The molecule has 1 saturated heterocycles. The second-order valence-corrected chi connectivity index (χ2v) is 15.9. The maximum atomic E-state index is 14.2. The van der Waals surface area contributed by atoms with Crippen LogP contribution in [-0.4, -0.2) is 96.1 Å². The molecule has 1 aromatic heterocycles. The van der Waals surface area contributed by atoms with Gasteiger partial charge in [-0.05, 0) is 69.6 Å².